The van der Waals surface area contributed by atoms with Crippen molar-refractivity contribution in [3.05, 3.63) is 63.1 Å². The molecule has 0 aromatic heterocycles. The number of halogens is 2. The summed E-state index contributed by atoms with van der Waals surface area (Å²) in [6, 6.07) is 14.4. The number of methoxy groups -OCH3 is 1. The Hall–Kier alpha value is -1.03. The zero-order valence-corrected chi connectivity index (χ0v) is 14.5. The first-order valence-electron chi connectivity index (χ1n) is 6.95. The third-order valence-corrected chi connectivity index (χ3v) is 4.18. The predicted molar refractivity (Wildman–Crippen MR) is 92.3 cm³/mol. The number of rotatable bonds is 6. The maximum Gasteiger partial charge on any atom is 0.120 e. The summed E-state index contributed by atoms with van der Waals surface area (Å²) in [5.41, 5.74) is 2.36. The average molecular weight is 369 g/mol. The largest absolute Gasteiger partial charge is 0.497 e. The molecule has 0 aliphatic rings. The molecular weight excluding hydrogens is 350 g/mol. The van der Waals surface area contributed by atoms with Crippen LogP contribution in [0.15, 0.2) is 46.9 Å². The molecule has 0 aliphatic heterocycles. The summed E-state index contributed by atoms with van der Waals surface area (Å²) in [4.78, 5) is 0. The standard InChI is InChI=1S/C17H19BrClNO/c1-3-20-17(10-12-5-4-6-13(18)9-12)15-8-7-14(21-2)11-16(15)19/h4-9,11,17,20H,3,10H2,1-2H3. The molecule has 0 amide bonds. The molecule has 1 N–H and O–H groups in total. The molecule has 0 heterocycles. The van der Waals surface area contributed by atoms with Crippen molar-refractivity contribution < 1.29 is 4.74 Å². The number of hydrogen-bond acceptors (Lipinski definition) is 2. The smallest absolute Gasteiger partial charge is 0.120 e. The zero-order chi connectivity index (χ0) is 15.2. The highest BCUT2D eigenvalue weighted by molar-refractivity contribution is 9.10. The highest BCUT2D eigenvalue weighted by Crippen LogP contribution is 2.29. The quantitative estimate of drug-likeness (QED) is 0.774. The second-order valence-electron chi connectivity index (χ2n) is 4.83. The van der Waals surface area contributed by atoms with Gasteiger partial charge in [-0.2, -0.15) is 0 Å². The molecule has 112 valence electrons. The van der Waals surface area contributed by atoms with Crippen LogP contribution in [0, 0.1) is 0 Å². The van der Waals surface area contributed by atoms with Crippen molar-refractivity contribution in [2.75, 3.05) is 13.7 Å². The molecule has 2 rings (SSSR count). The van der Waals surface area contributed by atoms with Crippen LogP contribution < -0.4 is 10.1 Å². The summed E-state index contributed by atoms with van der Waals surface area (Å²) in [5, 5.41) is 4.24. The molecule has 0 bridgehead atoms. The number of hydrogen-bond donors (Lipinski definition) is 1. The molecule has 4 heteroatoms. The van der Waals surface area contributed by atoms with Gasteiger partial charge in [0.2, 0.25) is 0 Å². The highest BCUT2D eigenvalue weighted by Gasteiger charge is 2.15. The molecule has 1 atom stereocenters. The summed E-state index contributed by atoms with van der Waals surface area (Å²) < 4.78 is 6.31. The van der Waals surface area contributed by atoms with E-state index in [0.717, 1.165) is 33.8 Å². The first-order chi connectivity index (χ1) is 10.1. The Bertz CT molecular complexity index is 603. The van der Waals surface area contributed by atoms with Crippen LogP contribution in [-0.2, 0) is 6.42 Å². The number of likely N-dealkylation sites (N-methyl/N-ethyl adjacent to an activating group) is 1. The van der Waals surface area contributed by atoms with Crippen molar-refractivity contribution in [3.8, 4) is 5.75 Å². The lowest BCUT2D eigenvalue weighted by Crippen LogP contribution is -2.23. The first kappa shape index (κ1) is 16.3. The predicted octanol–water partition coefficient (Wildman–Crippen LogP) is 5.00. The minimum absolute atomic E-state index is 0.183. The fourth-order valence-corrected chi connectivity index (χ4v) is 3.10. The van der Waals surface area contributed by atoms with Crippen LogP contribution in [0.1, 0.15) is 24.1 Å². The van der Waals surface area contributed by atoms with Crippen LogP contribution in [-0.4, -0.2) is 13.7 Å². The fraction of sp³-hybridized carbons (Fsp3) is 0.294. The van der Waals surface area contributed by atoms with E-state index >= 15 is 0 Å². The Labute approximate surface area is 139 Å². The number of nitrogens with one attached hydrogen (secondary N) is 1. The van der Waals surface area contributed by atoms with Gasteiger partial charge in [0, 0.05) is 15.5 Å². The molecule has 2 aromatic rings. The van der Waals surface area contributed by atoms with E-state index < -0.39 is 0 Å². The SMILES string of the molecule is CCNC(Cc1cccc(Br)c1)c1ccc(OC)cc1Cl. The topological polar surface area (TPSA) is 21.3 Å². The molecule has 0 aliphatic carbocycles. The van der Waals surface area contributed by atoms with E-state index in [1.165, 1.54) is 5.56 Å². The molecule has 21 heavy (non-hydrogen) atoms. The van der Waals surface area contributed by atoms with Gasteiger partial charge in [-0.1, -0.05) is 52.7 Å². The Morgan fingerprint density at radius 1 is 1.24 bits per heavy atom. The second kappa shape index (κ2) is 7.83. The van der Waals surface area contributed by atoms with Crippen molar-refractivity contribution in [2.24, 2.45) is 0 Å². The Kier molecular flexibility index (Phi) is 6.09. The Morgan fingerprint density at radius 2 is 2.05 bits per heavy atom. The van der Waals surface area contributed by atoms with Gasteiger partial charge in [-0.3, -0.25) is 0 Å². The third kappa shape index (κ3) is 4.47. The monoisotopic (exact) mass is 367 g/mol. The van der Waals surface area contributed by atoms with Crippen molar-refractivity contribution in [3.63, 3.8) is 0 Å². The summed E-state index contributed by atoms with van der Waals surface area (Å²) >= 11 is 9.92. The fourth-order valence-electron chi connectivity index (χ4n) is 2.36. The van der Waals surface area contributed by atoms with Crippen LogP contribution in [0.25, 0.3) is 0 Å². The summed E-state index contributed by atoms with van der Waals surface area (Å²) in [6.45, 7) is 2.99. The van der Waals surface area contributed by atoms with E-state index in [2.05, 4.69) is 46.4 Å². The third-order valence-electron chi connectivity index (χ3n) is 3.36. The van der Waals surface area contributed by atoms with E-state index in [1.54, 1.807) is 7.11 Å². The van der Waals surface area contributed by atoms with Gasteiger partial charge < -0.3 is 10.1 Å². The number of ether oxygens (including phenoxy) is 1. The summed E-state index contributed by atoms with van der Waals surface area (Å²) in [7, 11) is 1.65. The van der Waals surface area contributed by atoms with E-state index in [-0.39, 0.29) is 6.04 Å². The van der Waals surface area contributed by atoms with Crippen molar-refractivity contribution in [2.45, 2.75) is 19.4 Å². The van der Waals surface area contributed by atoms with Gasteiger partial charge in [0.25, 0.3) is 0 Å². The van der Waals surface area contributed by atoms with Gasteiger partial charge in [0.05, 0.1) is 7.11 Å². The maximum atomic E-state index is 6.41. The van der Waals surface area contributed by atoms with Crippen LogP contribution in [0.5, 0.6) is 5.75 Å². The van der Waals surface area contributed by atoms with Crippen molar-refractivity contribution in [1.29, 1.82) is 0 Å². The van der Waals surface area contributed by atoms with Crippen LogP contribution in [0.4, 0.5) is 0 Å². The van der Waals surface area contributed by atoms with Gasteiger partial charge in [0.1, 0.15) is 5.75 Å². The molecule has 0 fully saturated rings. The Morgan fingerprint density at radius 3 is 2.67 bits per heavy atom. The van der Waals surface area contributed by atoms with Gasteiger partial charge in [-0.15, -0.1) is 0 Å². The second-order valence-corrected chi connectivity index (χ2v) is 6.15. The van der Waals surface area contributed by atoms with E-state index in [0.29, 0.717) is 0 Å². The molecule has 0 spiro atoms. The molecule has 0 radical (unpaired) electrons. The maximum absolute atomic E-state index is 6.41. The summed E-state index contributed by atoms with van der Waals surface area (Å²) in [6.07, 6.45) is 0.888. The zero-order valence-electron chi connectivity index (χ0n) is 12.2. The van der Waals surface area contributed by atoms with E-state index in [1.807, 2.05) is 24.3 Å². The highest BCUT2D eigenvalue weighted by atomic mass is 79.9. The normalized spacial score (nSPS) is 12.2. The van der Waals surface area contributed by atoms with Crippen LogP contribution in [0.2, 0.25) is 5.02 Å². The minimum atomic E-state index is 0.183. The molecule has 1 unspecified atom stereocenters. The van der Waals surface area contributed by atoms with Crippen molar-refractivity contribution in [1.82, 2.24) is 5.32 Å². The van der Waals surface area contributed by atoms with Gasteiger partial charge >= 0.3 is 0 Å². The molecule has 0 saturated heterocycles. The van der Waals surface area contributed by atoms with Gasteiger partial charge in [-0.05, 0) is 48.4 Å². The number of benzene rings is 2. The van der Waals surface area contributed by atoms with E-state index in [9.17, 15) is 0 Å². The molecule has 0 saturated carbocycles. The lowest BCUT2D eigenvalue weighted by Gasteiger charge is -2.20. The van der Waals surface area contributed by atoms with E-state index in [4.69, 9.17) is 16.3 Å². The molecule has 2 aromatic carbocycles. The first-order valence-corrected chi connectivity index (χ1v) is 8.12. The Balaban J connectivity index is 2.26. The summed E-state index contributed by atoms with van der Waals surface area (Å²) in [5.74, 6) is 0.779. The van der Waals surface area contributed by atoms with Crippen molar-refractivity contribution >= 4 is 27.5 Å². The average Bonchev–Trinajstić information content (AvgIpc) is 2.47. The molecular formula is C17H19BrClNO. The van der Waals surface area contributed by atoms with Gasteiger partial charge in [0.15, 0.2) is 0 Å². The lowest BCUT2D eigenvalue weighted by molar-refractivity contribution is 0.414. The lowest BCUT2D eigenvalue weighted by atomic mass is 9.98. The van der Waals surface area contributed by atoms with Gasteiger partial charge in [-0.25, -0.2) is 0 Å². The van der Waals surface area contributed by atoms with Crippen LogP contribution in [0.3, 0.4) is 0 Å². The molecule has 2 nitrogen and oxygen atoms in total. The van der Waals surface area contributed by atoms with Crippen LogP contribution >= 0.6 is 27.5 Å². The minimum Gasteiger partial charge on any atom is -0.497 e.